The highest BCUT2D eigenvalue weighted by molar-refractivity contribution is 7.89. The van der Waals surface area contributed by atoms with E-state index in [9.17, 15) is 8.42 Å². The zero-order chi connectivity index (χ0) is 13.5. The van der Waals surface area contributed by atoms with Crippen molar-refractivity contribution >= 4 is 38.8 Å². The van der Waals surface area contributed by atoms with Gasteiger partial charge in [0.15, 0.2) is 0 Å². The van der Waals surface area contributed by atoms with E-state index in [-0.39, 0.29) is 20.9 Å². The second-order valence-corrected chi connectivity index (χ2v) is 7.07. The van der Waals surface area contributed by atoms with E-state index in [2.05, 4.69) is 0 Å². The molecule has 2 rings (SSSR count). The summed E-state index contributed by atoms with van der Waals surface area (Å²) in [5.41, 5.74) is 6.00. The van der Waals surface area contributed by atoms with Gasteiger partial charge in [-0.3, -0.25) is 0 Å². The van der Waals surface area contributed by atoms with Crippen LogP contribution in [0.3, 0.4) is 0 Å². The third-order valence-corrected chi connectivity index (χ3v) is 5.56. The van der Waals surface area contributed by atoms with Gasteiger partial charge in [-0.1, -0.05) is 29.9 Å². The minimum Gasteiger partial charge on any atom is -0.389 e. The molecule has 1 fully saturated rings. The third-order valence-electron chi connectivity index (χ3n) is 2.93. The van der Waals surface area contributed by atoms with Crippen molar-refractivity contribution in [3.05, 3.63) is 28.8 Å². The fraction of sp³-hybridized carbons (Fsp3) is 0.364. The monoisotopic (exact) mass is 304 g/mol. The van der Waals surface area contributed by atoms with E-state index in [1.165, 1.54) is 16.4 Å². The molecule has 7 heteroatoms. The fourth-order valence-corrected chi connectivity index (χ4v) is 3.68. The lowest BCUT2D eigenvalue weighted by Crippen LogP contribution is -2.29. The Morgan fingerprint density at radius 2 is 2.11 bits per heavy atom. The lowest BCUT2D eigenvalue weighted by molar-refractivity contribution is 0.464. The Hall–Kier alpha value is -0.690. The number of rotatable bonds is 4. The molecule has 0 unspecified atom stereocenters. The predicted molar refractivity (Wildman–Crippen MR) is 75.3 cm³/mol. The van der Waals surface area contributed by atoms with Crippen molar-refractivity contribution in [2.45, 2.75) is 23.8 Å². The zero-order valence-electron chi connectivity index (χ0n) is 9.76. The van der Waals surface area contributed by atoms with Crippen LogP contribution in [0.5, 0.6) is 0 Å². The summed E-state index contributed by atoms with van der Waals surface area (Å²) in [6.45, 7) is 0. The molecule has 0 radical (unpaired) electrons. The van der Waals surface area contributed by atoms with Crippen molar-refractivity contribution < 1.29 is 8.42 Å². The molecular weight excluding hydrogens is 292 g/mol. The van der Waals surface area contributed by atoms with E-state index in [0.29, 0.717) is 5.56 Å². The summed E-state index contributed by atoms with van der Waals surface area (Å²) in [5.74, 6) is 0. The Kier molecular flexibility index (Phi) is 3.64. The smallest absolute Gasteiger partial charge is 0.244 e. The van der Waals surface area contributed by atoms with Gasteiger partial charge in [0.1, 0.15) is 9.88 Å². The molecule has 0 heterocycles. The Morgan fingerprint density at radius 3 is 2.61 bits per heavy atom. The summed E-state index contributed by atoms with van der Waals surface area (Å²) in [6.07, 6.45) is 1.78. The highest BCUT2D eigenvalue weighted by atomic mass is 35.5. The van der Waals surface area contributed by atoms with Gasteiger partial charge in [0, 0.05) is 18.7 Å². The van der Waals surface area contributed by atoms with E-state index >= 15 is 0 Å². The minimum absolute atomic E-state index is 0.0591. The van der Waals surface area contributed by atoms with Crippen molar-refractivity contribution in [2.75, 3.05) is 7.05 Å². The number of sulfonamides is 1. The molecule has 2 N–H and O–H groups in total. The van der Waals surface area contributed by atoms with Crippen LogP contribution in [0.15, 0.2) is 23.1 Å². The number of nitrogens with zero attached hydrogens (tertiary/aromatic N) is 1. The molecule has 0 aromatic heterocycles. The van der Waals surface area contributed by atoms with E-state index in [0.717, 1.165) is 12.8 Å². The van der Waals surface area contributed by atoms with Crippen LogP contribution in [0.4, 0.5) is 0 Å². The Morgan fingerprint density at radius 1 is 1.50 bits per heavy atom. The lowest BCUT2D eigenvalue weighted by atomic mass is 10.2. The van der Waals surface area contributed by atoms with Gasteiger partial charge in [-0.25, -0.2) is 8.42 Å². The molecule has 0 spiro atoms. The number of halogens is 1. The quantitative estimate of drug-likeness (QED) is 0.861. The second kappa shape index (κ2) is 4.77. The topological polar surface area (TPSA) is 63.4 Å². The summed E-state index contributed by atoms with van der Waals surface area (Å²) in [6, 6.07) is 4.63. The molecule has 1 aromatic carbocycles. The highest BCUT2D eigenvalue weighted by Crippen LogP contribution is 2.33. The Balaban J connectivity index is 2.48. The van der Waals surface area contributed by atoms with Gasteiger partial charge in [-0.2, -0.15) is 4.31 Å². The number of hydrogen-bond acceptors (Lipinski definition) is 3. The molecule has 0 amide bonds. The van der Waals surface area contributed by atoms with Gasteiger partial charge in [0.05, 0.1) is 5.02 Å². The molecule has 98 valence electrons. The van der Waals surface area contributed by atoms with Crippen molar-refractivity contribution in [3.8, 4) is 0 Å². The first kappa shape index (κ1) is 13.7. The van der Waals surface area contributed by atoms with Gasteiger partial charge in [-0.15, -0.1) is 0 Å². The van der Waals surface area contributed by atoms with Crippen LogP contribution in [0.1, 0.15) is 18.4 Å². The lowest BCUT2D eigenvalue weighted by Gasteiger charge is -2.17. The molecule has 0 saturated heterocycles. The molecule has 0 bridgehead atoms. The summed E-state index contributed by atoms with van der Waals surface area (Å²) in [4.78, 5) is 0.209. The van der Waals surface area contributed by atoms with Crippen LogP contribution in [-0.4, -0.2) is 30.8 Å². The van der Waals surface area contributed by atoms with Crippen LogP contribution in [0, 0.1) is 0 Å². The zero-order valence-corrected chi connectivity index (χ0v) is 12.1. The van der Waals surface area contributed by atoms with Crippen molar-refractivity contribution in [2.24, 2.45) is 5.73 Å². The van der Waals surface area contributed by atoms with Gasteiger partial charge < -0.3 is 5.73 Å². The normalized spacial score (nSPS) is 15.9. The number of nitrogens with two attached hydrogens (primary N) is 1. The SMILES string of the molecule is CN(C1CC1)S(=O)(=O)c1cc(C(N)=S)ccc1Cl. The third kappa shape index (κ3) is 2.51. The largest absolute Gasteiger partial charge is 0.389 e. The first-order valence-corrected chi connectivity index (χ1v) is 7.64. The maximum atomic E-state index is 12.4. The van der Waals surface area contributed by atoms with Crippen molar-refractivity contribution in [3.63, 3.8) is 0 Å². The van der Waals surface area contributed by atoms with Crippen LogP contribution >= 0.6 is 23.8 Å². The van der Waals surface area contributed by atoms with Crippen molar-refractivity contribution in [1.29, 1.82) is 0 Å². The Labute approximate surface area is 117 Å². The van der Waals surface area contributed by atoms with Gasteiger partial charge in [0.25, 0.3) is 0 Å². The fourth-order valence-electron chi connectivity index (χ4n) is 1.64. The molecule has 1 aliphatic carbocycles. The Bertz CT molecular complexity index is 597. The average Bonchev–Trinajstić information content (AvgIpc) is 3.11. The van der Waals surface area contributed by atoms with Gasteiger partial charge in [-0.05, 0) is 25.0 Å². The summed E-state index contributed by atoms with van der Waals surface area (Å²) in [5, 5.41) is 0.183. The predicted octanol–water partition coefficient (Wildman–Crippen LogP) is 1.76. The first-order valence-electron chi connectivity index (χ1n) is 5.41. The van der Waals surface area contributed by atoms with E-state index in [4.69, 9.17) is 29.6 Å². The summed E-state index contributed by atoms with van der Waals surface area (Å²) in [7, 11) is -2.01. The summed E-state index contributed by atoms with van der Waals surface area (Å²) < 4.78 is 26.1. The maximum absolute atomic E-state index is 12.4. The first-order chi connectivity index (χ1) is 8.34. The molecule has 1 saturated carbocycles. The molecule has 0 aliphatic heterocycles. The molecule has 18 heavy (non-hydrogen) atoms. The van der Waals surface area contributed by atoms with Crippen LogP contribution in [-0.2, 0) is 10.0 Å². The van der Waals surface area contributed by atoms with Crippen LogP contribution < -0.4 is 5.73 Å². The maximum Gasteiger partial charge on any atom is 0.244 e. The average molecular weight is 305 g/mol. The second-order valence-electron chi connectivity index (χ2n) is 4.26. The number of thiocarbonyl (C=S) groups is 1. The molecule has 0 atom stereocenters. The van der Waals surface area contributed by atoms with E-state index in [1.807, 2.05) is 0 Å². The number of hydrogen-bond donors (Lipinski definition) is 1. The van der Waals surface area contributed by atoms with Crippen molar-refractivity contribution in [1.82, 2.24) is 4.31 Å². The standard InChI is InChI=1S/C11H13ClN2O2S2/c1-14(8-3-4-8)18(15,16)10-6-7(11(13)17)2-5-9(10)12/h2,5-6,8H,3-4H2,1H3,(H2,13,17). The highest BCUT2D eigenvalue weighted by Gasteiger charge is 2.36. The van der Waals surface area contributed by atoms with Crippen LogP contribution in [0.25, 0.3) is 0 Å². The molecule has 1 aromatic rings. The van der Waals surface area contributed by atoms with Crippen LogP contribution in [0.2, 0.25) is 5.02 Å². The molecular formula is C11H13ClN2O2S2. The van der Waals surface area contributed by atoms with Gasteiger partial charge >= 0.3 is 0 Å². The molecule has 4 nitrogen and oxygen atoms in total. The minimum atomic E-state index is -3.58. The number of benzene rings is 1. The molecule has 1 aliphatic rings. The van der Waals surface area contributed by atoms with Gasteiger partial charge in [0.2, 0.25) is 10.0 Å². The van der Waals surface area contributed by atoms with E-state index in [1.54, 1.807) is 13.1 Å². The summed E-state index contributed by atoms with van der Waals surface area (Å²) >= 11 is 10.8. The van der Waals surface area contributed by atoms with E-state index < -0.39 is 10.0 Å².